The Hall–Kier alpha value is -1.96. The van der Waals surface area contributed by atoms with Gasteiger partial charge >= 0.3 is 5.97 Å². The Labute approximate surface area is 156 Å². The van der Waals surface area contributed by atoms with Gasteiger partial charge in [-0.15, -0.1) is 0 Å². The molecule has 0 radical (unpaired) electrons. The quantitative estimate of drug-likeness (QED) is 0.804. The largest absolute Gasteiger partial charge is 0.465 e. The van der Waals surface area contributed by atoms with Crippen molar-refractivity contribution >= 4 is 27.6 Å². The Morgan fingerprint density at radius 3 is 2.58 bits per heavy atom. The summed E-state index contributed by atoms with van der Waals surface area (Å²) in [7, 11) is -2.51. The average molecular weight is 398 g/mol. The molecule has 1 N–H and O–H groups in total. The van der Waals surface area contributed by atoms with Gasteiger partial charge in [0.05, 0.1) is 17.6 Å². The van der Waals surface area contributed by atoms with Crippen molar-refractivity contribution in [1.29, 1.82) is 0 Å². The Morgan fingerprint density at radius 2 is 1.92 bits per heavy atom. The van der Waals surface area contributed by atoms with Crippen LogP contribution in [-0.2, 0) is 27.6 Å². The van der Waals surface area contributed by atoms with Gasteiger partial charge in [-0.2, -0.15) is 0 Å². The number of hydrogen-bond acceptors (Lipinski definition) is 4. The molecular formula is C18H17ClFNO4S. The maximum Gasteiger partial charge on any atom is 0.340 e. The predicted octanol–water partition coefficient (Wildman–Crippen LogP) is 3.10. The van der Waals surface area contributed by atoms with Crippen LogP contribution in [0, 0.1) is 5.82 Å². The first kappa shape index (κ1) is 18.8. The number of ether oxygens (including phenoxy) is 1. The van der Waals surface area contributed by atoms with E-state index in [9.17, 15) is 17.6 Å². The molecule has 138 valence electrons. The fourth-order valence-corrected chi connectivity index (χ4v) is 4.44. The van der Waals surface area contributed by atoms with Gasteiger partial charge in [-0.25, -0.2) is 22.3 Å². The van der Waals surface area contributed by atoms with E-state index in [4.69, 9.17) is 11.6 Å². The molecule has 0 bridgehead atoms. The lowest BCUT2D eigenvalue weighted by atomic mass is 9.87. The highest BCUT2D eigenvalue weighted by Gasteiger charge is 2.26. The van der Waals surface area contributed by atoms with E-state index in [1.54, 1.807) is 0 Å². The molecule has 1 unspecified atom stereocenters. The number of aryl methyl sites for hydroxylation is 1. The van der Waals surface area contributed by atoms with Gasteiger partial charge in [-0.3, -0.25) is 0 Å². The first-order valence-electron chi connectivity index (χ1n) is 7.97. The van der Waals surface area contributed by atoms with Crippen LogP contribution in [-0.4, -0.2) is 27.5 Å². The number of rotatable bonds is 4. The number of carbonyl (C=O) groups excluding carboxylic acids is 1. The third-order valence-electron chi connectivity index (χ3n) is 4.37. The molecule has 0 saturated carbocycles. The van der Waals surface area contributed by atoms with Gasteiger partial charge in [0.25, 0.3) is 0 Å². The summed E-state index contributed by atoms with van der Waals surface area (Å²) in [5.74, 6) is -1.38. The maximum atomic E-state index is 14.0. The summed E-state index contributed by atoms with van der Waals surface area (Å²) in [6.45, 7) is 0. The monoisotopic (exact) mass is 397 g/mol. The molecule has 2 aromatic rings. The highest BCUT2D eigenvalue weighted by Crippen LogP contribution is 2.26. The zero-order valence-corrected chi connectivity index (χ0v) is 15.5. The molecule has 3 rings (SSSR count). The number of esters is 1. The Morgan fingerprint density at radius 1 is 1.23 bits per heavy atom. The molecule has 26 heavy (non-hydrogen) atoms. The summed E-state index contributed by atoms with van der Waals surface area (Å²) >= 11 is 5.79. The van der Waals surface area contributed by atoms with E-state index in [0.29, 0.717) is 24.3 Å². The lowest BCUT2D eigenvalue weighted by molar-refractivity contribution is 0.0595. The van der Waals surface area contributed by atoms with Crippen molar-refractivity contribution in [2.75, 3.05) is 7.11 Å². The third kappa shape index (κ3) is 3.90. The van der Waals surface area contributed by atoms with Crippen molar-refractivity contribution in [3.8, 4) is 0 Å². The molecule has 0 amide bonds. The molecule has 0 spiro atoms. The van der Waals surface area contributed by atoms with Crippen LogP contribution in [0.2, 0.25) is 5.02 Å². The van der Waals surface area contributed by atoms with Gasteiger partial charge < -0.3 is 4.74 Å². The zero-order valence-electron chi connectivity index (χ0n) is 14.0. The first-order valence-corrected chi connectivity index (χ1v) is 9.84. The van der Waals surface area contributed by atoms with Crippen molar-refractivity contribution in [2.45, 2.75) is 30.2 Å². The van der Waals surface area contributed by atoms with E-state index in [1.807, 2.05) is 0 Å². The number of hydrogen-bond donors (Lipinski definition) is 1. The number of benzene rings is 2. The van der Waals surface area contributed by atoms with Crippen LogP contribution in [0.3, 0.4) is 0 Å². The van der Waals surface area contributed by atoms with Crippen LogP contribution in [0.25, 0.3) is 0 Å². The third-order valence-corrected chi connectivity index (χ3v) is 6.16. The van der Waals surface area contributed by atoms with Gasteiger partial charge in [0, 0.05) is 11.1 Å². The van der Waals surface area contributed by atoms with Crippen molar-refractivity contribution in [2.24, 2.45) is 0 Å². The molecule has 5 nitrogen and oxygen atoms in total. The van der Waals surface area contributed by atoms with E-state index in [2.05, 4.69) is 9.46 Å². The SMILES string of the molecule is COC(=O)c1cc2c(cc1F)CCC(NS(=O)(=O)c1ccc(Cl)cc1)C2. The van der Waals surface area contributed by atoms with Crippen LogP contribution >= 0.6 is 11.6 Å². The van der Waals surface area contributed by atoms with Crippen LogP contribution in [0.4, 0.5) is 4.39 Å². The number of nitrogens with one attached hydrogen (secondary N) is 1. The minimum atomic E-state index is -3.69. The van der Waals surface area contributed by atoms with E-state index in [-0.39, 0.29) is 16.5 Å². The molecular weight excluding hydrogens is 381 g/mol. The lowest BCUT2D eigenvalue weighted by Crippen LogP contribution is -2.38. The minimum Gasteiger partial charge on any atom is -0.465 e. The molecule has 0 saturated heterocycles. The van der Waals surface area contributed by atoms with Crippen molar-refractivity contribution in [3.63, 3.8) is 0 Å². The number of sulfonamides is 1. The summed E-state index contributed by atoms with van der Waals surface area (Å²) < 4.78 is 46.3. The number of carbonyl (C=O) groups is 1. The van der Waals surface area contributed by atoms with Crippen LogP contribution < -0.4 is 4.72 Å². The molecule has 0 aliphatic heterocycles. The maximum absolute atomic E-state index is 14.0. The summed E-state index contributed by atoms with van der Waals surface area (Å²) in [5, 5.41) is 0.452. The standard InChI is InChI=1S/C18H17ClFNO4S/c1-25-18(22)16-9-12-8-14(5-2-11(12)10-17(16)20)21-26(23,24)15-6-3-13(19)4-7-15/h3-4,6-7,9-10,14,21H,2,5,8H2,1H3. The fourth-order valence-electron chi connectivity index (χ4n) is 3.05. The molecule has 1 aliphatic carbocycles. The normalized spacial score (nSPS) is 16.8. The highest BCUT2D eigenvalue weighted by molar-refractivity contribution is 7.89. The second-order valence-electron chi connectivity index (χ2n) is 6.11. The molecule has 0 fully saturated rings. The molecule has 0 heterocycles. The van der Waals surface area contributed by atoms with Crippen molar-refractivity contribution in [1.82, 2.24) is 4.72 Å². The second-order valence-corrected chi connectivity index (χ2v) is 8.26. The van der Waals surface area contributed by atoms with E-state index in [1.165, 1.54) is 43.5 Å². The summed E-state index contributed by atoms with van der Waals surface area (Å²) in [6.07, 6.45) is 1.42. The van der Waals surface area contributed by atoms with Crippen LogP contribution in [0.1, 0.15) is 27.9 Å². The topological polar surface area (TPSA) is 72.5 Å². The number of methoxy groups -OCH3 is 1. The Balaban J connectivity index is 1.81. The molecule has 1 aliphatic rings. The predicted molar refractivity (Wildman–Crippen MR) is 95.3 cm³/mol. The molecule has 2 aromatic carbocycles. The summed E-state index contributed by atoms with van der Waals surface area (Å²) in [6, 6.07) is 8.32. The smallest absolute Gasteiger partial charge is 0.340 e. The summed E-state index contributed by atoms with van der Waals surface area (Å²) in [5.41, 5.74) is 1.37. The Kier molecular flexibility index (Phi) is 5.32. The first-order chi connectivity index (χ1) is 12.3. The van der Waals surface area contributed by atoms with Crippen LogP contribution in [0.5, 0.6) is 0 Å². The fraction of sp³-hybridized carbons (Fsp3) is 0.278. The Bertz CT molecular complexity index is 944. The van der Waals surface area contributed by atoms with Gasteiger partial charge in [0.15, 0.2) is 0 Å². The molecule has 8 heteroatoms. The molecule has 0 aromatic heterocycles. The van der Waals surface area contributed by atoms with Gasteiger partial charge in [-0.1, -0.05) is 11.6 Å². The van der Waals surface area contributed by atoms with Gasteiger partial charge in [0.2, 0.25) is 10.0 Å². The van der Waals surface area contributed by atoms with E-state index >= 15 is 0 Å². The van der Waals surface area contributed by atoms with Crippen LogP contribution in [0.15, 0.2) is 41.3 Å². The lowest BCUT2D eigenvalue weighted by Gasteiger charge is -2.26. The van der Waals surface area contributed by atoms with Crippen molar-refractivity contribution < 1.29 is 22.3 Å². The highest BCUT2D eigenvalue weighted by atomic mass is 35.5. The van der Waals surface area contributed by atoms with Gasteiger partial charge in [0.1, 0.15) is 5.82 Å². The zero-order chi connectivity index (χ0) is 18.9. The number of halogens is 2. The number of fused-ring (bicyclic) bond motifs is 1. The van der Waals surface area contributed by atoms with Crippen molar-refractivity contribution in [3.05, 3.63) is 63.9 Å². The van der Waals surface area contributed by atoms with Gasteiger partial charge in [-0.05, 0) is 66.8 Å². The van der Waals surface area contributed by atoms with E-state index in [0.717, 1.165) is 11.1 Å². The average Bonchev–Trinajstić information content (AvgIpc) is 2.61. The van der Waals surface area contributed by atoms with E-state index < -0.39 is 21.8 Å². The summed E-state index contributed by atoms with van der Waals surface area (Å²) in [4.78, 5) is 11.8. The second kappa shape index (κ2) is 7.34. The molecule has 1 atom stereocenters. The minimum absolute atomic E-state index is 0.127.